The van der Waals surface area contributed by atoms with Crippen LogP contribution < -0.4 is 0 Å². The highest BCUT2D eigenvalue weighted by Gasteiger charge is 2.10. The molecule has 21 heavy (non-hydrogen) atoms. The third-order valence-electron chi connectivity index (χ3n) is 3.61. The molecule has 0 bridgehead atoms. The lowest BCUT2D eigenvalue weighted by Crippen LogP contribution is -1.77. The summed E-state index contributed by atoms with van der Waals surface area (Å²) >= 11 is 9.72. The Bertz CT molecular complexity index is 971. The first kappa shape index (κ1) is 12.9. The minimum atomic E-state index is 0.646. The Morgan fingerprint density at radius 2 is 1.62 bits per heavy atom. The highest BCUT2D eigenvalue weighted by molar-refractivity contribution is 9.10. The normalized spacial score (nSPS) is 11.3. The number of furan rings is 1. The Balaban J connectivity index is 2.01. The van der Waals surface area contributed by atoms with Gasteiger partial charge in [0.05, 0.1) is 5.02 Å². The Morgan fingerprint density at radius 1 is 0.810 bits per heavy atom. The molecule has 102 valence electrons. The van der Waals surface area contributed by atoms with Crippen LogP contribution in [0.4, 0.5) is 0 Å². The second-order valence-electron chi connectivity index (χ2n) is 4.94. The Kier molecular flexibility index (Phi) is 3.02. The summed E-state index contributed by atoms with van der Waals surface area (Å²) in [5, 5.41) is 2.78. The van der Waals surface area contributed by atoms with Gasteiger partial charge in [0.2, 0.25) is 0 Å². The molecule has 0 fully saturated rings. The van der Waals surface area contributed by atoms with Crippen molar-refractivity contribution in [2.24, 2.45) is 0 Å². The summed E-state index contributed by atoms with van der Waals surface area (Å²) in [5.74, 6) is 0. The molecule has 0 aliphatic heterocycles. The zero-order valence-corrected chi connectivity index (χ0v) is 13.3. The molecule has 0 saturated heterocycles. The third kappa shape index (κ3) is 2.15. The van der Waals surface area contributed by atoms with Gasteiger partial charge in [0.1, 0.15) is 5.58 Å². The van der Waals surface area contributed by atoms with Crippen LogP contribution in [0.15, 0.2) is 69.6 Å². The molecule has 3 aromatic carbocycles. The van der Waals surface area contributed by atoms with Gasteiger partial charge in [0, 0.05) is 15.2 Å². The van der Waals surface area contributed by atoms with Crippen LogP contribution in [0.2, 0.25) is 5.02 Å². The van der Waals surface area contributed by atoms with Crippen molar-refractivity contribution in [3.05, 3.63) is 70.2 Å². The van der Waals surface area contributed by atoms with Crippen molar-refractivity contribution in [3.8, 4) is 11.1 Å². The van der Waals surface area contributed by atoms with E-state index in [4.69, 9.17) is 16.0 Å². The lowest BCUT2D eigenvalue weighted by molar-refractivity contribution is 0.669. The summed E-state index contributed by atoms with van der Waals surface area (Å²) in [7, 11) is 0. The van der Waals surface area contributed by atoms with Gasteiger partial charge < -0.3 is 4.42 Å². The Labute approximate surface area is 135 Å². The first-order valence-electron chi connectivity index (χ1n) is 6.59. The fourth-order valence-electron chi connectivity index (χ4n) is 2.61. The van der Waals surface area contributed by atoms with E-state index in [0.717, 1.165) is 32.0 Å². The molecule has 4 rings (SSSR count). The first-order chi connectivity index (χ1) is 10.2. The molecule has 0 N–H and O–H groups in total. The summed E-state index contributed by atoms with van der Waals surface area (Å²) in [6, 6.07) is 20.3. The van der Waals surface area contributed by atoms with Crippen LogP contribution in [0.1, 0.15) is 0 Å². The number of benzene rings is 3. The second kappa shape index (κ2) is 4.90. The minimum Gasteiger partial charge on any atom is -0.454 e. The van der Waals surface area contributed by atoms with Gasteiger partial charge in [-0.05, 0) is 41.5 Å². The van der Waals surface area contributed by atoms with Crippen LogP contribution in [0, 0.1) is 0 Å². The van der Waals surface area contributed by atoms with Crippen molar-refractivity contribution in [1.82, 2.24) is 0 Å². The first-order valence-corrected chi connectivity index (χ1v) is 7.76. The van der Waals surface area contributed by atoms with Crippen molar-refractivity contribution in [3.63, 3.8) is 0 Å². The van der Waals surface area contributed by atoms with E-state index in [1.807, 2.05) is 36.4 Å². The molecule has 0 atom stereocenters. The molecular formula is C18H10BrClO. The predicted molar refractivity (Wildman–Crippen MR) is 91.9 cm³/mol. The van der Waals surface area contributed by atoms with Gasteiger partial charge in [-0.15, -0.1) is 0 Å². The summed E-state index contributed by atoms with van der Waals surface area (Å²) in [4.78, 5) is 0. The number of halogens is 2. The number of hydrogen-bond acceptors (Lipinski definition) is 1. The minimum absolute atomic E-state index is 0.646. The maximum absolute atomic E-state index is 6.21. The zero-order valence-electron chi connectivity index (χ0n) is 10.9. The largest absolute Gasteiger partial charge is 0.454 e. The monoisotopic (exact) mass is 356 g/mol. The van der Waals surface area contributed by atoms with E-state index >= 15 is 0 Å². The van der Waals surface area contributed by atoms with Crippen molar-refractivity contribution in [2.45, 2.75) is 0 Å². The maximum atomic E-state index is 6.21. The van der Waals surface area contributed by atoms with E-state index in [0.29, 0.717) is 5.02 Å². The third-order valence-corrected chi connectivity index (χ3v) is 4.40. The van der Waals surface area contributed by atoms with Crippen LogP contribution in [-0.4, -0.2) is 0 Å². The molecule has 1 nitrogen and oxygen atoms in total. The van der Waals surface area contributed by atoms with E-state index in [2.05, 4.69) is 40.2 Å². The van der Waals surface area contributed by atoms with E-state index in [1.165, 1.54) is 5.56 Å². The zero-order chi connectivity index (χ0) is 14.4. The number of fused-ring (bicyclic) bond motifs is 3. The van der Waals surface area contributed by atoms with Gasteiger partial charge in [0.25, 0.3) is 0 Å². The maximum Gasteiger partial charge on any atom is 0.153 e. The van der Waals surface area contributed by atoms with Crippen molar-refractivity contribution in [1.29, 1.82) is 0 Å². The van der Waals surface area contributed by atoms with Crippen LogP contribution in [-0.2, 0) is 0 Å². The topological polar surface area (TPSA) is 13.1 Å². The summed E-state index contributed by atoms with van der Waals surface area (Å²) in [5.41, 5.74) is 3.94. The fraction of sp³-hybridized carbons (Fsp3) is 0. The van der Waals surface area contributed by atoms with E-state index in [9.17, 15) is 0 Å². The molecule has 3 heteroatoms. The molecular weight excluding hydrogens is 348 g/mol. The van der Waals surface area contributed by atoms with Crippen molar-refractivity contribution < 1.29 is 4.42 Å². The number of hydrogen-bond donors (Lipinski definition) is 0. The van der Waals surface area contributed by atoms with Crippen LogP contribution in [0.5, 0.6) is 0 Å². The van der Waals surface area contributed by atoms with Gasteiger partial charge in [-0.3, -0.25) is 0 Å². The lowest BCUT2D eigenvalue weighted by atomic mass is 10.0. The number of para-hydroxylation sites is 1. The molecule has 1 heterocycles. The summed E-state index contributed by atoms with van der Waals surface area (Å²) in [6.45, 7) is 0. The molecule has 0 aliphatic carbocycles. The molecule has 0 unspecified atom stereocenters. The van der Waals surface area contributed by atoms with E-state index in [1.54, 1.807) is 0 Å². The molecule has 0 radical (unpaired) electrons. The smallest absolute Gasteiger partial charge is 0.153 e. The number of rotatable bonds is 1. The Hall–Kier alpha value is -1.77. The fourth-order valence-corrected chi connectivity index (χ4v) is 3.22. The standard InChI is InChI=1S/C18H10BrClO/c19-13-4-1-3-11(9-13)12-7-8-17-15(10-12)14-5-2-6-16(20)18(14)21-17/h1-10H. The van der Waals surface area contributed by atoms with E-state index in [-0.39, 0.29) is 0 Å². The second-order valence-corrected chi connectivity index (χ2v) is 6.26. The van der Waals surface area contributed by atoms with Gasteiger partial charge >= 0.3 is 0 Å². The van der Waals surface area contributed by atoms with Crippen molar-refractivity contribution >= 4 is 49.5 Å². The van der Waals surface area contributed by atoms with Crippen LogP contribution in [0.25, 0.3) is 33.1 Å². The summed E-state index contributed by atoms with van der Waals surface area (Å²) < 4.78 is 6.93. The quantitative estimate of drug-likeness (QED) is 0.371. The Morgan fingerprint density at radius 3 is 2.48 bits per heavy atom. The molecule has 0 aliphatic rings. The van der Waals surface area contributed by atoms with Gasteiger partial charge in [-0.2, -0.15) is 0 Å². The highest BCUT2D eigenvalue weighted by atomic mass is 79.9. The molecule has 0 saturated carbocycles. The average molecular weight is 358 g/mol. The lowest BCUT2D eigenvalue weighted by Gasteiger charge is -2.02. The molecule has 0 spiro atoms. The molecule has 1 aromatic heterocycles. The molecule has 0 amide bonds. The van der Waals surface area contributed by atoms with E-state index < -0.39 is 0 Å². The highest BCUT2D eigenvalue weighted by Crippen LogP contribution is 2.35. The summed E-state index contributed by atoms with van der Waals surface area (Å²) in [6.07, 6.45) is 0. The van der Waals surface area contributed by atoms with Crippen LogP contribution >= 0.6 is 27.5 Å². The van der Waals surface area contributed by atoms with Gasteiger partial charge in [-0.1, -0.05) is 57.9 Å². The van der Waals surface area contributed by atoms with Gasteiger partial charge in [0.15, 0.2) is 5.58 Å². The average Bonchev–Trinajstić information content (AvgIpc) is 2.87. The van der Waals surface area contributed by atoms with Crippen LogP contribution in [0.3, 0.4) is 0 Å². The molecule has 4 aromatic rings. The predicted octanol–water partition coefficient (Wildman–Crippen LogP) is 6.67. The SMILES string of the molecule is Clc1cccc2c1oc1ccc(-c3cccc(Br)c3)cc12. The van der Waals surface area contributed by atoms with Crippen molar-refractivity contribution in [2.75, 3.05) is 0 Å². The van der Waals surface area contributed by atoms with Gasteiger partial charge in [-0.25, -0.2) is 0 Å².